The lowest BCUT2D eigenvalue weighted by atomic mass is 9.98. The predicted octanol–water partition coefficient (Wildman–Crippen LogP) is 4.13. The van der Waals surface area contributed by atoms with Crippen LogP contribution in [0.4, 0.5) is 11.4 Å². The Morgan fingerprint density at radius 1 is 0.722 bits per heavy atom. The highest BCUT2D eigenvalue weighted by Crippen LogP contribution is 2.51. The molecule has 1 heterocycles. The summed E-state index contributed by atoms with van der Waals surface area (Å²) in [5, 5.41) is 30.9. The smallest absolute Gasteiger partial charge is 0.133 e. The first-order valence-electron chi connectivity index (χ1n) is 5.58. The largest absolute Gasteiger partial charge is 0.507 e. The van der Waals surface area contributed by atoms with Crippen molar-refractivity contribution in [1.82, 2.24) is 0 Å². The first-order valence-corrected chi connectivity index (χ1v) is 5.58. The van der Waals surface area contributed by atoms with Gasteiger partial charge in [0.2, 0.25) is 0 Å². The molecule has 0 amide bonds. The molecule has 18 heavy (non-hydrogen) atoms. The first-order chi connectivity index (χ1) is 8.77. The van der Waals surface area contributed by atoms with Gasteiger partial charge in [-0.2, -0.15) is 0 Å². The number of nitrogens with zero attached hydrogens (tertiary/aromatic N) is 2. The van der Waals surface area contributed by atoms with Gasteiger partial charge in [0.25, 0.3) is 0 Å². The summed E-state index contributed by atoms with van der Waals surface area (Å²) in [7, 11) is 0. The van der Waals surface area contributed by atoms with Crippen LogP contribution in [0.2, 0.25) is 0 Å². The summed E-state index contributed by atoms with van der Waals surface area (Å²) in [6.45, 7) is 0. The van der Waals surface area contributed by atoms with Crippen LogP contribution in [0.3, 0.4) is 0 Å². The minimum atomic E-state index is 0.147. The van der Waals surface area contributed by atoms with Crippen LogP contribution in [0.5, 0.6) is 11.5 Å². The molecule has 0 radical (unpaired) electrons. The summed E-state index contributed by atoms with van der Waals surface area (Å²) in [6, 6.07) is 10.8. The second-order valence-corrected chi connectivity index (χ2v) is 4.30. The minimum absolute atomic E-state index is 0.147. The van der Waals surface area contributed by atoms with Gasteiger partial charge in [0, 0.05) is 16.2 Å². The lowest BCUT2D eigenvalue weighted by Gasteiger charge is -2.15. The third kappa shape index (κ3) is 0.953. The standard InChI is InChI=1S/C14H8N2O2/c17-13-7-3-1-2-4-8(7)14(18)11-9(13)5-6-10-12(11)16-15-10/h1-6,17-18H. The van der Waals surface area contributed by atoms with Crippen LogP contribution in [-0.4, -0.2) is 10.2 Å². The second kappa shape index (κ2) is 2.98. The maximum Gasteiger partial charge on any atom is 0.133 e. The number of azo groups is 1. The van der Waals surface area contributed by atoms with E-state index in [0.29, 0.717) is 27.2 Å². The highest BCUT2D eigenvalue weighted by Gasteiger charge is 2.21. The van der Waals surface area contributed by atoms with E-state index < -0.39 is 0 Å². The van der Waals surface area contributed by atoms with Crippen molar-refractivity contribution in [3.05, 3.63) is 36.4 Å². The molecule has 3 aromatic carbocycles. The van der Waals surface area contributed by atoms with Crippen LogP contribution in [0.15, 0.2) is 46.6 Å². The van der Waals surface area contributed by atoms with Crippen LogP contribution in [-0.2, 0) is 0 Å². The zero-order valence-corrected chi connectivity index (χ0v) is 9.25. The van der Waals surface area contributed by atoms with Crippen LogP contribution in [0, 0.1) is 0 Å². The Kier molecular flexibility index (Phi) is 1.56. The molecule has 0 unspecified atom stereocenters. The number of benzene rings is 3. The zero-order chi connectivity index (χ0) is 12.3. The molecule has 0 fully saturated rings. The van der Waals surface area contributed by atoms with Crippen LogP contribution in [0.25, 0.3) is 21.5 Å². The monoisotopic (exact) mass is 236 g/mol. The molecule has 0 aliphatic carbocycles. The number of hydrogen-bond donors (Lipinski definition) is 2. The van der Waals surface area contributed by atoms with Crippen molar-refractivity contribution in [2.75, 3.05) is 0 Å². The average Bonchev–Trinajstić information content (AvgIpc) is 2.37. The number of rotatable bonds is 0. The molecule has 4 rings (SSSR count). The Hall–Kier alpha value is -2.62. The quantitative estimate of drug-likeness (QED) is 0.356. The van der Waals surface area contributed by atoms with E-state index in [1.807, 2.05) is 12.1 Å². The minimum Gasteiger partial charge on any atom is -0.507 e. The number of phenols is 2. The van der Waals surface area contributed by atoms with E-state index in [1.165, 1.54) is 0 Å². The average molecular weight is 236 g/mol. The van der Waals surface area contributed by atoms with Crippen molar-refractivity contribution in [3.8, 4) is 11.5 Å². The summed E-state index contributed by atoms with van der Waals surface area (Å²) < 4.78 is 0. The first kappa shape index (κ1) is 9.41. The summed E-state index contributed by atoms with van der Waals surface area (Å²) in [6.07, 6.45) is 0. The molecule has 3 aromatic rings. The molecule has 0 aromatic heterocycles. The third-order valence-corrected chi connectivity index (χ3v) is 3.34. The van der Waals surface area contributed by atoms with E-state index in [0.717, 1.165) is 5.69 Å². The Morgan fingerprint density at radius 2 is 1.44 bits per heavy atom. The van der Waals surface area contributed by atoms with Crippen molar-refractivity contribution in [2.24, 2.45) is 10.2 Å². The van der Waals surface area contributed by atoms with E-state index in [-0.39, 0.29) is 11.5 Å². The summed E-state index contributed by atoms with van der Waals surface area (Å²) in [5.74, 6) is 0.317. The Labute approximate surface area is 102 Å². The van der Waals surface area contributed by atoms with Crippen molar-refractivity contribution < 1.29 is 10.2 Å². The Bertz CT molecular complexity index is 853. The zero-order valence-electron chi connectivity index (χ0n) is 9.25. The summed E-state index contributed by atoms with van der Waals surface area (Å²) in [5.41, 5.74) is 1.39. The SMILES string of the molecule is Oc1c2ccccc2c(O)c2c3c(ccc12)N=N3. The van der Waals surface area contributed by atoms with E-state index in [9.17, 15) is 10.2 Å². The normalized spacial score (nSPS) is 12.7. The van der Waals surface area contributed by atoms with Gasteiger partial charge in [-0.1, -0.05) is 24.3 Å². The maximum absolute atomic E-state index is 10.4. The molecule has 0 bridgehead atoms. The van der Waals surface area contributed by atoms with Crippen molar-refractivity contribution in [3.63, 3.8) is 0 Å². The lowest BCUT2D eigenvalue weighted by Crippen LogP contribution is -1.85. The molecule has 0 saturated carbocycles. The third-order valence-electron chi connectivity index (χ3n) is 3.34. The second-order valence-electron chi connectivity index (χ2n) is 4.30. The highest BCUT2D eigenvalue weighted by atomic mass is 16.3. The fourth-order valence-corrected chi connectivity index (χ4v) is 2.43. The number of fused-ring (bicyclic) bond motifs is 4. The topological polar surface area (TPSA) is 65.2 Å². The van der Waals surface area contributed by atoms with Gasteiger partial charge in [-0.25, -0.2) is 0 Å². The molecule has 1 aliphatic heterocycles. The van der Waals surface area contributed by atoms with Crippen LogP contribution in [0.1, 0.15) is 0 Å². The van der Waals surface area contributed by atoms with Gasteiger partial charge in [-0.05, 0) is 12.1 Å². The van der Waals surface area contributed by atoms with Crippen molar-refractivity contribution in [2.45, 2.75) is 0 Å². The molecule has 0 saturated heterocycles. The summed E-state index contributed by atoms with van der Waals surface area (Å²) in [4.78, 5) is 0. The molecule has 4 nitrogen and oxygen atoms in total. The van der Waals surface area contributed by atoms with Gasteiger partial charge in [0.1, 0.15) is 22.9 Å². The maximum atomic E-state index is 10.4. The van der Waals surface area contributed by atoms with E-state index >= 15 is 0 Å². The van der Waals surface area contributed by atoms with Gasteiger partial charge in [0.05, 0.1) is 5.39 Å². The van der Waals surface area contributed by atoms with E-state index in [2.05, 4.69) is 10.2 Å². The predicted molar refractivity (Wildman–Crippen MR) is 69.0 cm³/mol. The molecule has 4 heteroatoms. The van der Waals surface area contributed by atoms with Crippen molar-refractivity contribution in [1.29, 1.82) is 0 Å². The molecule has 86 valence electrons. The fraction of sp³-hybridized carbons (Fsp3) is 0. The van der Waals surface area contributed by atoms with E-state index in [4.69, 9.17) is 0 Å². The fourth-order valence-electron chi connectivity index (χ4n) is 2.43. The molecular weight excluding hydrogens is 228 g/mol. The summed E-state index contributed by atoms with van der Waals surface area (Å²) >= 11 is 0. The van der Waals surface area contributed by atoms with Crippen LogP contribution >= 0.6 is 0 Å². The Balaban J connectivity index is 2.34. The molecule has 0 atom stereocenters. The van der Waals surface area contributed by atoms with Gasteiger partial charge in [-0.15, -0.1) is 10.2 Å². The molecule has 0 spiro atoms. The lowest BCUT2D eigenvalue weighted by molar-refractivity contribution is 0.478. The van der Waals surface area contributed by atoms with Gasteiger partial charge in [-0.3, -0.25) is 0 Å². The number of phenolic OH excluding ortho intramolecular Hbond substituents is 2. The van der Waals surface area contributed by atoms with Crippen molar-refractivity contribution >= 4 is 32.9 Å². The highest BCUT2D eigenvalue weighted by molar-refractivity contribution is 6.16. The Morgan fingerprint density at radius 3 is 2.11 bits per heavy atom. The van der Waals surface area contributed by atoms with E-state index in [1.54, 1.807) is 24.3 Å². The van der Waals surface area contributed by atoms with Gasteiger partial charge < -0.3 is 10.2 Å². The van der Waals surface area contributed by atoms with Gasteiger partial charge in [0.15, 0.2) is 0 Å². The molecular formula is C14H8N2O2. The number of aromatic hydroxyl groups is 2. The molecule has 2 N–H and O–H groups in total. The van der Waals surface area contributed by atoms with Gasteiger partial charge >= 0.3 is 0 Å². The number of hydrogen-bond acceptors (Lipinski definition) is 4. The molecule has 1 aliphatic rings. The van der Waals surface area contributed by atoms with Crippen LogP contribution < -0.4 is 0 Å².